The Balaban J connectivity index is 1.56. The van der Waals surface area contributed by atoms with Crippen molar-refractivity contribution in [2.45, 2.75) is 30.2 Å². The van der Waals surface area contributed by atoms with Gasteiger partial charge in [-0.1, -0.05) is 12.1 Å². The number of sulfonamides is 1. The molecule has 0 amide bonds. The summed E-state index contributed by atoms with van der Waals surface area (Å²) in [7, 11) is -3.71. The Kier molecular flexibility index (Phi) is 3.99. The minimum atomic E-state index is -3.71. The summed E-state index contributed by atoms with van der Waals surface area (Å²) < 4.78 is 33.6. The van der Waals surface area contributed by atoms with Crippen LogP contribution in [0.4, 0.5) is 0 Å². The van der Waals surface area contributed by atoms with E-state index in [0.29, 0.717) is 49.1 Å². The number of para-hydroxylation sites is 1. The van der Waals surface area contributed by atoms with E-state index >= 15 is 0 Å². The first-order valence-electron chi connectivity index (χ1n) is 9.30. The summed E-state index contributed by atoms with van der Waals surface area (Å²) in [6.07, 6.45) is 2.05. The van der Waals surface area contributed by atoms with Crippen molar-refractivity contribution in [3.05, 3.63) is 64.2 Å². The summed E-state index contributed by atoms with van der Waals surface area (Å²) in [5.41, 5.74) is 1.23. The summed E-state index contributed by atoms with van der Waals surface area (Å²) in [6, 6.07) is 11.6. The SMILES string of the molecule is O=c1[nH]c(C2CCCN2S(=O)(=O)c2ccc3c(c2)CCO3)nc2ccccc12. The molecule has 7 nitrogen and oxygen atoms in total. The lowest BCUT2D eigenvalue weighted by molar-refractivity contribution is 0.356. The fourth-order valence-electron chi connectivity index (χ4n) is 4.02. The van der Waals surface area contributed by atoms with E-state index in [-0.39, 0.29) is 10.5 Å². The molecule has 3 heterocycles. The maximum atomic E-state index is 13.3. The molecule has 2 aromatic carbocycles. The molecule has 28 heavy (non-hydrogen) atoms. The third-order valence-corrected chi connectivity index (χ3v) is 7.32. The van der Waals surface area contributed by atoms with Crippen LogP contribution < -0.4 is 10.3 Å². The number of hydrogen-bond donors (Lipinski definition) is 1. The molecule has 1 N–H and O–H groups in total. The molecular formula is C20H19N3O4S. The Morgan fingerprint density at radius 3 is 2.93 bits per heavy atom. The number of fused-ring (bicyclic) bond motifs is 2. The number of hydrogen-bond acceptors (Lipinski definition) is 5. The Morgan fingerprint density at radius 1 is 1.18 bits per heavy atom. The molecule has 8 heteroatoms. The number of ether oxygens (including phenoxy) is 1. The van der Waals surface area contributed by atoms with Gasteiger partial charge in [0.05, 0.1) is 28.4 Å². The first-order chi connectivity index (χ1) is 13.5. The first kappa shape index (κ1) is 17.4. The van der Waals surface area contributed by atoms with Gasteiger partial charge in [0, 0.05) is 13.0 Å². The average Bonchev–Trinajstić information content (AvgIpc) is 3.37. The van der Waals surface area contributed by atoms with Gasteiger partial charge in [0.1, 0.15) is 11.6 Å². The molecule has 1 fully saturated rings. The lowest BCUT2D eigenvalue weighted by atomic mass is 10.2. The molecule has 1 saturated heterocycles. The quantitative estimate of drug-likeness (QED) is 0.733. The van der Waals surface area contributed by atoms with Gasteiger partial charge in [0.25, 0.3) is 5.56 Å². The summed E-state index contributed by atoms with van der Waals surface area (Å²) in [5, 5.41) is 0.497. The topological polar surface area (TPSA) is 92.4 Å². The molecule has 1 unspecified atom stereocenters. The highest BCUT2D eigenvalue weighted by atomic mass is 32.2. The number of aromatic nitrogens is 2. The van der Waals surface area contributed by atoms with Crippen LogP contribution in [0.1, 0.15) is 30.3 Å². The molecule has 2 aliphatic heterocycles. The standard InChI is InChI=1S/C20H19N3O4S/c24-20-15-4-1-2-5-16(15)21-19(22-20)17-6-3-10-23(17)28(25,26)14-7-8-18-13(12-14)9-11-27-18/h1-2,4-5,7-8,12,17H,3,6,9-11H2,(H,21,22,24). The van der Waals surface area contributed by atoms with Crippen LogP contribution in [0.15, 0.2) is 52.2 Å². The van der Waals surface area contributed by atoms with Crippen LogP contribution in [0.3, 0.4) is 0 Å². The molecular weight excluding hydrogens is 378 g/mol. The number of nitrogens with zero attached hydrogens (tertiary/aromatic N) is 2. The monoisotopic (exact) mass is 397 g/mol. The van der Waals surface area contributed by atoms with Gasteiger partial charge in [0.2, 0.25) is 10.0 Å². The smallest absolute Gasteiger partial charge is 0.258 e. The molecule has 1 atom stereocenters. The fraction of sp³-hybridized carbons (Fsp3) is 0.300. The van der Waals surface area contributed by atoms with Gasteiger partial charge in [-0.25, -0.2) is 13.4 Å². The van der Waals surface area contributed by atoms with E-state index in [2.05, 4.69) is 9.97 Å². The van der Waals surface area contributed by atoms with E-state index in [9.17, 15) is 13.2 Å². The maximum Gasteiger partial charge on any atom is 0.258 e. The van der Waals surface area contributed by atoms with E-state index < -0.39 is 16.1 Å². The van der Waals surface area contributed by atoms with E-state index in [4.69, 9.17) is 4.74 Å². The molecule has 144 valence electrons. The molecule has 2 aliphatic rings. The zero-order valence-electron chi connectivity index (χ0n) is 15.1. The predicted molar refractivity (Wildman–Crippen MR) is 104 cm³/mol. The summed E-state index contributed by atoms with van der Waals surface area (Å²) in [6.45, 7) is 0.977. The fourth-order valence-corrected chi connectivity index (χ4v) is 5.73. The number of aromatic amines is 1. The van der Waals surface area contributed by atoms with Gasteiger partial charge in [-0.05, 0) is 48.7 Å². The van der Waals surface area contributed by atoms with E-state index in [1.165, 1.54) is 4.31 Å². The normalized spacial score (nSPS) is 19.6. The van der Waals surface area contributed by atoms with Gasteiger partial charge in [-0.2, -0.15) is 4.31 Å². The molecule has 0 spiro atoms. The molecule has 5 rings (SSSR count). The number of nitrogens with one attached hydrogen (secondary N) is 1. The zero-order chi connectivity index (χ0) is 19.3. The van der Waals surface area contributed by atoms with Crippen LogP contribution in [0.2, 0.25) is 0 Å². The van der Waals surface area contributed by atoms with Gasteiger partial charge in [0.15, 0.2) is 0 Å². The minimum Gasteiger partial charge on any atom is -0.493 e. The largest absolute Gasteiger partial charge is 0.493 e. The van der Waals surface area contributed by atoms with E-state index in [1.807, 2.05) is 6.07 Å². The van der Waals surface area contributed by atoms with Gasteiger partial charge < -0.3 is 9.72 Å². The van der Waals surface area contributed by atoms with Crippen LogP contribution in [0.5, 0.6) is 5.75 Å². The van der Waals surface area contributed by atoms with Crippen molar-refractivity contribution in [2.75, 3.05) is 13.2 Å². The van der Waals surface area contributed by atoms with Crippen molar-refractivity contribution in [3.8, 4) is 5.75 Å². The predicted octanol–water partition coefficient (Wildman–Crippen LogP) is 2.38. The minimum absolute atomic E-state index is 0.250. The molecule has 0 aliphatic carbocycles. The third kappa shape index (κ3) is 2.71. The highest BCUT2D eigenvalue weighted by molar-refractivity contribution is 7.89. The van der Waals surface area contributed by atoms with Gasteiger partial charge in [-0.3, -0.25) is 4.79 Å². The molecule has 0 saturated carbocycles. The van der Waals surface area contributed by atoms with Crippen molar-refractivity contribution < 1.29 is 13.2 Å². The van der Waals surface area contributed by atoms with Crippen molar-refractivity contribution in [1.82, 2.24) is 14.3 Å². The van der Waals surface area contributed by atoms with Crippen LogP contribution in [-0.4, -0.2) is 35.8 Å². The molecule has 1 aromatic heterocycles. The summed E-state index contributed by atoms with van der Waals surface area (Å²) in [4.78, 5) is 20.0. The number of H-pyrrole nitrogens is 1. The maximum absolute atomic E-state index is 13.3. The molecule has 3 aromatic rings. The van der Waals surface area contributed by atoms with Crippen molar-refractivity contribution in [3.63, 3.8) is 0 Å². The van der Waals surface area contributed by atoms with Crippen LogP contribution in [0, 0.1) is 0 Å². The second-order valence-electron chi connectivity index (χ2n) is 7.11. The van der Waals surface area contributed by atoms with Crippen molar-refractivity contribution in [2.24, 2.45) is 0 Å². The van der Waals surface area contributed by atoms with Crippen LogP contribution >= 0.6 is 0 Å². The molecule has 0 bridgehead atoms. The van der Waals surface area contributed by atoms with Gasteiger partial charge in [-0.15, -0.1) is 0 Å². The van der Waals surface area contributed by atoms with Crippen molar-refractivity contribution >= 4 is 20.9 Å². The van der Waals surface area contributed by atoms with Crippen molar-refractivity contribution in [1.29, 1.82) is 0 Å². The Bertz CT molecular complexity index is 1240. The average molecular weight is 397 g/mol. The number of rotatable bonds is 3. The molecule has 0 radical (unpaired) electrons. The second-order valence-corrected chi connectivity index (χ2v) is 9.00. The summed E-state index contributed by atoms with van der Waals surface area (Å²) >= 11 is 0. The van der Waals surface area contributed by atoms with Crippen LogP contribution in [0.25, 0.3) is 10.9 Å². The highest BCUT2D eigenvalue weighted by Crippen LogP contribution is 2.36. The van der Waals surface area contributed by atoms with Gasteiger partial charge >= 0.3 is 0 Å². The Morgan fingerprint density at radius 2 is 2.04 bits per heavy atom. The summed E-state index contributed by atoms with van der Waals surface area (Å²) in [5.74, 6) is 1.15. The second kappa shape index (κ2) is 6.42. The van der Waals surface area contributed by atoms with E-state index in [0.717, 1.165) is 11.3 Å². The number of benzene rings is 2. The van der Waals surface area contributed by atoms with Crippen LogP contribution in [-0.2, 0) is 16.4 Å². The lowest BCUT2D eigenvalue weighted by Crippen LogP contribution is -2.32. The lowest BCUT2D eigenvalue weighted by Gasteiger charge is -2.23. The third-order valence-electron chi connectivity index (χ3n) is 5.42. The Hall–Kier alpha value is -2.71. The zero-order valence-corrected chi connectivity index (χ0v) is 15.9. The highest BCUT2D eigenvalue weighted by Gasteiger charge is 2.38. The van der Waals surface area contributed by atoms with E-state index in [1.54, 1.807) is 36.4 Å². The Labute approximate surface area is 162 Å². The first-order valence-corrected chi connectivity index (χ1v) is 10.7.